The maximum atomic E-state index is 12.3. The van der Waals surface area contributed by atoms with Gasteiger partial charge in [0.15, 0.2) is 0 Å². The number of nitrogens with one attached hydrogen (secondary N) is 4. The Labute approximate surface area is 189 Å². The molecule has 1 aliphatic heterocycles. The summed E-state index contributed by atoms with van der Waals surface area (Å²) < 4.78 is 0.781. The number of H-pyrrole nitrogens is 1. The van der Waals surface area contributed by atoms with Gasteiger partial charge in [-0.15, -0.1) is 0 Å². The van der Waals surface area contributed by atoms with Crippen molar-refractivity contribution in [3.63, 3.8) is 0 Å². The maximum absolute atomic E-state index is 12.3. The van der Waals surface area contributed by atoms with E-state index >= 15 is 0 Å². The highest BCUT2D eigenvalue weighted by Gasteiger charge is 2.17. The van der Waals surface area contributed by atoms with E-state index in [1.165, 1.54) is 0 Å². The number of urea groups is 1. The molecule has 1 fully saturated rings. The lowest BCUT2D eigenvalue weighted by Gasteiger charge is -2.16. The second kappa shape index (κ2) is 9.78. The van der Waals surface area contributed by atoms with Gasteiger partial charge >= 0.3 is 6.03 Å². The minimum atomic E-state index is -0.0619. The van der Waals surface area contributed by atoms with Crippen LogP contribution >= 0.6 is 15.9 Å². The van der Waals surface area contributed by atoms with Crippen molar-refractivity contribution in [3.05, 3.63) is 52.7 Å². The van der Waals surface area contributed by atoms with Gasteiger partial charge in [-0.25, -0.2) is 14.8 Å². The van der Waals surface area contributed by atoms with Gasteiger partial charge in [-0.3, -0.25) is 0 Å². The molecule has 1 saturated heterocycles. The van der Waals surface area contributed by atoms with Crippen molar-refractivity contribution < 1.29 is 4.79 Å². The molecule has 162 valence electrons. The smallest absolute Gasteiger partial charge is 0.321 e. The zero-order chi connectivity index (χ0) is 21.6. The predicted molar refractivity (Wildman–Crippen MR) is 125 cm³/mol. The maximum Gasteiger partial charge on any atom is 0.321 e. The second-order valence-electron chi connectivity index (χ2n) is 7.37. The molecule has 9 nitrogen and oxygen atoms in total. The molecule has 2 amide bonds. The summed E-state index contributed by atoms with van der Waals surface area (Å²) in [5.74, 6) is 1.16. The molecule has 1 aliphatic rings. The second-order valence-corrected chi connectivity index (χ2v) is 8.23. The first-order valence-electron chi connectivity index (χ1n) is 10.3. The minimum absolute atomic E-state index is 0.0619. The number of likely N-dealkylation sites (tertiary alicyclic amines) is 1. The average Bonchev–Trinajstić information content (AvgIpc) is 3.43. The van der Waals surface area contributed by atoms with Crippen molar-refractivity contribution in [2.75, 3.05) is 35.6 Å². The molecule has 0 bridgehead atoms. The quantitative estimate of drug-likeness (QED) is 0.397. The van der Waals surface area contributed by atoms with Crippen LogP contribution in [-0.4, -0.2) is 50.5 Å². The Morgan fingerprint density at radius 3 is 2.81 bits per heavy atom. The first-order chi connectivity index (χ1) is 15.1. The zero-order valence-corrected chi connectivity index (χ0v) is 18.9. The van der Waals surface area contributed by atoms with Crippen LogP contribution in [0.25, 0.3) is 0 Å². The summed E-state index contributed by atoms with van der Waals surface area (Å²) in [4.78, 5) is 30.4. The van der Waals surface area contributed by atoms with E-state index in [0.29, 0.717) is 18.3 Å². The van der Waals surface area contributed by atoms with E-state index in [1.807, 2.05) is 36.1 Å². The van der Waals surface area contributed by atoms with Gasteiger partial charge in [-0.05, 0) is 53.9 Å². The molecule has 31 heavy (non-hydrogen) atoms. The molecule has 4 rings (SSSR count). The fourth-order valence-electron chi connectivity index (χ4n) is 3.42. The van der Waals surface area contributed by atoms with Crippen molar-refractivity contribution in [2.45, 2.75) is 26.2 Å². The molecule has 3 heterocycles. The predicted octanol–water partition coefficient (Wildman–Crippen LogP) is 4.30. The number of carbonyl (C=O) groups excluding carboxylic acids is 1. The molecule has 0 aliphatic carbocycles. The highest BCUT2D eigenvalue weighted by atomic mass is 79.9. The SMILES string of the molecule is Cc1[nH]cnc1CCNc1nc(Nc2cccc(NC(=O)N3CCCC3)c2)ncc1Br. The van der Waals surface area contributed by atoms with Crippen LogP contribution in [0.4, 0.5) is 27.9 Å². The topological polar surface area (TPSA) is 111 Å². The normalized spacial score (nSPS) is 13.3. The number of halogens is 1. The number of anilines is 4. The van der Waals surface area contributed by atoms with Crippen LogP contribution in [0.5, 0.6) is 0 Å². The van der Waals surface area contributed by atoms with E-state index in [0.717, 1.165) is 59.6 Å². The van der Waals surface area contributed by atoms with Gasteiger partial charge in [0, 0.05) is 49.3 Å². The highest BCUT2D eigenvalue weighted by molar-refractivity contribution is 9.10. The van der Waals surface area contributed by atoms with E-state index in [4.69, 9.17) is 0 Å². The average molecular weight is 485 g/mol. The Morgan fingerprint density at radius 2 is 2.03 bits per heavy atom. The third kappa shape index (κ3) is 5.52. The zero-order valence-electron chi connectivity index (χ0n) is 17.3. The lowest BCUT2D eigenvalue weighted by atomic mass is 10.2. The van der Waals surface area contributed by atoms with Crippen molar-refractivity contribution in [1.82, 2.24) is 24.8 Å². The fourth-order valence-corrected chi connectivity index (χ4v) is 3.75. The van der Waals surface area contributed by atoms with Crippen LogP contribution in [0.15, 0.2) is 41.3 Å². The van der Waals surface area contributed by atoms with E-state index in [2.05, 4.69) is 51.8 Å². The van der Waals surface area contributed by atoms with Gasteiger partial charge in [-0.2, -0.15) is 4.98 Å². The van der Waals surface area contributed by atoms with Gasteiger partial charge in [0.25, 0.3) is 0 Å². The molecule has 0 spiro atoms. The first-order valence-corrected chi connectivity index (χ1v) is 11.1. The Hall–Kier alpha value is -3.14. The van der Waals surface area contributed by atoms with Gasteiger partial charge < -0.3 is 25.8 Å². The lowest BCUT2D eigenvalue weighted by molar-refractivity contribution is 0.222. The summed E-state index contributed by atoms with van der Waals surface area (Å²) in [5.41, 5.74) is 3.62. The Balaban J connectivity index is 1.38. The number of amides is 2. The van der Waals surface area contributed by atoms with Crippen LogP contribution < -0.4 is 16.0 Å². The van der Waals surface area contributed by atoms with Gasteiger partial charge in [0.2, 0.25) is 5.95 Å². The summed E-state index contributed by atoms with van der Waals surface area (Å²) in [6.45, 7) is 4.32. The molecule has 1 aromatic carbocycles. The minimum Gasteiger partial charge on any atom is -0.369 e. The van der Waals surface area contributed by atoms with Crippen molar-refractivity contribution in [1.29, 1.82) is 0 Å². The number of carbonyl (C=O) groups is 1. The molecular weight excluding hydrogens is 460 g/mol. The molecule has 4 N–H and O–H groups in total. The van der Waals surface area contributed by atoms with Crippen molar-refractivity contribution >= 4 is 45.1 Å². The number of aromatic nitrogens is 4. The largest absolute Gasteiger partial charge is 0.369 e. The van der Waals surface area contributed by atoms with Gasteiger partial charge in [-0.1, -0.05) is 6.07 Å². The molecule has 0 saturated carbocycles. The van der Waals surface area contributed by atoms with Crippen molar-refractivity contribution in [2.24, 2.45) is 0 Å². The van der Waals surface area contributed by atoms with Crippen LogP contribution in [0.2, 0.25) is 0 Å². The molecule has 0 unspecified atom stereocenters. The van der Waals surface area contributed by atoms with E-state index in [1.54, 1.807) is 12.5 Å². The molecule has 0 radical (unpaired) electrons. The third-order valence-electron chi connectivity index (χ3n) is 5.10. The van der Waals surface area contributed by atoms with Crippen LogP contribution in [0, 0.1) is 6.92 Å². The molecule has 10 heteroatoms. The Kier molecular flexibility index (Phi) is 6.66. The number of aryl methyl sites for hydroxylation is 1. The third-order valence-corrected chi connectivity index (χ3v) is 5.68. The number of aromatic amines is 1. The number of benzene rings is 1. The van der Waals surface area contributed by atoms with E-state index in [9.17, 15) is 4.79 Å². The number of rotatable bonds is 7. The fraction of sp³-hybridized carbons (Fsp3) is 0.333. The number of imidazole rings is 1. The standard InChI is InChI=1S/C21H25BrN8O/c1-14-18(26-13-25-14)7-8-23-19-17(22)12-24-20(29-19)27-15-5-4-6-16(11-15)28-21(31)30-9-2-3-10-30/h4-6,11-13H,2-3,7-10H2,1H3,(H,25,26)(H,28,31)(H2,23,24,27,29). The number of hydrogen-bond donors (Lipinski definition) is 4. The lowest BCUT2D eigenvalue weighted by Crippen LogP contribution is -2.32. The van der Waals surface area contributed by atoms with Crippen LogP contribution in [0.1, 0.15) is 24.2 Å². The van der Waals surface area contributed by atoms with E-state index < -0.39 is 0 Å². The van der Waals surface area contributed by atoms with E-state index in [-0.39, 0.29) is 6.03 Å². The summed E-state index contributed by atoms with van der Waals surface area (Å²) in [5, 5.41) is 9.48. The van der Waals surface area contributed by atoms with Gasteiger partial charge in [0.1, 0.15) is 5.82 Å². The summed E-state index contributed by atoms with van der Waals surface area (Å²) in [7, 11) is 0. The van der Waals surface area contributed by atoms with Crippen LogP contribution in [0.3, 0.4) is 0 Å². The monoisotopic (exact) mass is 484 g/mol. The molecule has 3 aromatic rings. The first kappa shape index (κ1) is 21.1. The summed E-state index contributed by atoms with van der Waals surface area (Å²) >= 11 is 3.49. The summed E-state index contributed by atoms with van der Waals surface area (Å²) in [6.07, 6.45) is 6.32. The van der Waals surface area contributed by atoms with Crippen LogP contribution in [-0.2, 0) is 6.42 Å². The molecule has 2 aromatic heterocycles. The number of hydrogen-bond acceptors (Lipinski definition) is 6. The highest BCUT2D eigenvalue weighted by Crippen LogP contribution is 2.23. The molecule has 0 atom stereocenters. The Morgan fingerprint density at radius 1 is 1.23 bits per heavy atom. The Bertz CT molecular complexity index is 1050. The van der Waals surface area contributed by atoms with Gasteiger partial charge in [0.05, 0.1) is 16.5 Å². The summed E-state index contributed by atoms with van der Waals surface area (Å²) in [6, 6.07) is 7.46. The van der Waals surface area contributed by atoms with Crippen molar-refractivity contribution in [3.8, 4) is 0 Å². The molecular formula is C21H25BrN8O. The number of nitrogens with zero attached hydrogens (tertiary/aromatic N) is 4.